The van der Waals surface area contributed by atoms with Gasteiger partial charge < -0.3 is 20.9 Å². The van der Waals surface area contributed by atoms with E-state index in [1.54, 1.807) is 18.2 Å². The maximum Gasteiger partial charge on any atom is 0.211 e. The van der Waals surface area contributed by atoms with Crippen LogP contribution in [0.4, 0.5) is 17.1 Å². The number of anilines is 3. The van der Waals surface area contributed by atoms with Gasteiger partial charge in [-0.1, -0.05) is 6.07 Å². The largest absolute Gasteiger partial charge is 0.398 e. The number of carbonyl (C=O) groups excluding carboxylic acids is 1. The molecule has 0 bridgehead atoms. The number of hydrogen-bond donors (Lipinski definition) is 3. The third-order valence-corrected chi connectivity index (χ3v) is 4.59. The number of benzene rings is 2. The Hall–Kier alpha value is -2.86. The van der Waals surface area contributed by atoms with E-state index in [-0.39, 0.29) is 0 Å². The van der Waals surface area contributed by atoms with E-state index in [4.69, 9.17) is 11.1 Å². The van der Waals surface area contributed by atoms with Crippen LogP contribution in [0.25, 0.3) is 0 Å². The number of hydrogen-bond acceptors (Lipinski definition) is 5. The van der Waals surface area contributed by atoms with E-state index in [1.807, 2.05) is 6.07 Å². The predicted octanol–water partition coefficient (Wildman–Crippen LogP) is 2.13. The summed E-state index contributed by atoms with van der Waals surface area (Å²) in [4.78, 5) is 15.2. The lowest BCUT2D eigenvalue weighted by Crippen LogP contribution is -2.26. The molecule has 1 heterocycles. The minimum Gasteiger partial charge on any atom is -0.398 e. The Labute approximate surface area is 147 Å². The lowest BCUT2D eigenvalue weighted by atomic mass is 9.97. The van der Waals surface area contributed by atoms with Gasteiger partial charge in [-0.05, 0) is 42.9 Å². The smallest absolute Gasteiger partial charge is 0.211 e. The number of nitrogen functional groups attached to an aromatic ring is 1. The second-order valence-corrected chi connectivity index (χ2v) is 6.44. The van der Waals surface area contributed by atoms with Crippen LogP contribution in [-0.2, 0) is 11.3 Å². The van der Waals surface area contributed by atoms with E-state index >= 15 is 0 Å². The molecule has 6 nitrogen and oxygen atoms in total. The third-order valence-electron chi connectivity index (χ3n) is 4.59. The van der Waals surface area contributed by atoms with Crippen LogP contribution in [0.3, 0.4) is 0 Å². The number of nitrogens with one attached hydrogen (secondary N) is 2. The molecule has 0 saturated carbocycles. The van der Waals surface area contributed by atoms with Crippen molar-refractivity contribution in [2.75, 3.05) is 43.1 Å². The number of fused-ring (bicyclic) bond motifs is 1. The van der Waals surface area contributed by atoms with Crippen LogP contribution in [-0.4, -0.2) is 44.2 Å². The minimum absolute atomic E-state index is 0.351. The van der Waals surface area contributed by atoms with E-state index in [0.717, 1.165) is 25.2 Å². The molecular formula is C19H23N5O. The lowest BCUT2D eigenvalue weighted by Gasteiger charge is -2.19. The highest BCUT2D eigenvalue weighted by Crippen LogP contribution is 2.27. The van der Waals surface area contributed by atoms with E-state index in [9.17, 15) is 4.79 Å². The van der Waals surface area contributed by atoms with Crippen molar-refractivity contribution in [3.05, 3.63) is 53.1 Å². The highest BCUT2D eigenvalue weighted by Gasteiger charge is 2.17. The Balaban J connectivity index is 1.98. The van der Waals surface area contributed by atoms with Crippen molar-refractivity contribution in [2.45, 2.75) is 6.54 Å². The van der Waals surface area contributed by atoms with Crippen LogP contribution in [0.2, 0.25) is 0 Å². The summed E-state index contributed by atoms with van der Waals surface area (Å²) in [5, 5.41) is 11.2. The molecule has 0 fully saturated rings. The number of carbonyl (C=O) groups is 1. The van der Waals surface area contributed by atoms with Crippen molar-refractivity contribution >= 4 is 29.2 Å². The third kappa shape index (κ3) is 3.49. The van der Waals surface area contributed by atoms with Crippen molar-refractivity contribution in [3.63, 3.8) is 0 Å². The second-order valence-electron chi connectivity index (χ2n) is 6.44. The van der Waals surface area contributed by atoms with Crippen LogP contribution >= 0.6 is 0 Å². The molecule has 1 aliphatic rings. The van der Waals surface area contributed by atoms with E-state index in [0.29, 0.717) is 29.1 Å². The first-order valence-corrected chi connectivity index (χ1v) is 8.21. The summed E-state index contributed by atoms with van der Waals surface area (Å²) in [5.74, 6) is 0. The standard InChI is InChI=1S/C19H23N5O/c1-23-7-8-24(2)18-6-3-13(9-14(18)11-23)19(21)16-10-15(22-12-25)4-5-17(16)20/h3-6,9-10,12,21H,7-8,11,20H2,1-2H3,(H,22,25). The summed E-state index contributed by atoms with van der Waals surface area (Å²) in [5.41, 5.74) is 11.4. The normalized spacial score (nSPS) is 14.6. The molecule has 0 aromatic heterocycles. The molecule has 2 aromatic rings. The summed E-state index contributed by atoms with van der Waals surface area (Å²) in [6.45, 7) is 2.83. The molecule has 0 aliphatic carbocycles. The van der Waals surface area contributed by atoms with Gasteiger partial charge in [0.05, 0.1) is 5.71 Å². The molecule has 3 rings (SSSR count). The zero-order valence-corrected chi connectivity index (χ0v) is 14.5. The first kappa shape index (κ1) is 17.0. The Morgan fingerprint density at radius 2 is 2.00 bits per heavy atom. The van der Waals surface area contributed by atoms with Crippen molar-refractivity contribution in [1.29, 1.82) is 5.41 Å². The Kier molecular flexibility index (Phi) is 4.72. The van der Waals surface area contributed by atoms with E-state index in [1.165, 1.54) is 11.3 Å². The van der Waals surface area contributed by atoms with Gasteiger partial charge >= 0.3 is 0 Å². The molecule has 25 heavy (non-hydrogen) atoms. The fourth-order valence-electron chi connectivity index (χ4n) is 3.14. The summed E-state index contributed by atoms with van der Waals surface area (Å²) >= 11 is 0. The van der Waals surface area contributed by atoms with Gasteiger partial charge in [0.15, 0.2) is 0 Å². The van der Waals surface area contributed by atoms with Gasteiger partial charge in [-0.15, -0.1) is 0 Å². The Bertz CT molecular complexity index is 817. The average molecular weight is 337 g/mol. The molecule has 1 amide bonds. The maximum atomic E-state index is 10.7. The quantitative estimate of drug-likeness (QED) is 0.453. The lowest BCUT2D eigenvalue weighted by molar-refractivity contribution is -0.105. The predicted molar refractivity (Wildman–Crippen MR) is 103 cm³/mol. The summed E-state index contributed by atoms with van der Waals surface area (Å²) in [6, 6.07) is 11.3. The fourth-order valence-corrected chi connectivity index (χ4v) is 3.14. The molecule has 130 valence electrons. The highest BCUT2D eigenvalue weighted by atomic mass is 16.1. The minimum atomic E-state index is 0.351. The van der Waals surface area contributed by atoms with Gasteiger partial charge in [0.1, 0.15) is 0 Å². The first-order valence-electron chi connectivity index (χ1n) is 8.21. The zero-order valence-electron chi connectivity index (χ0n) is 14.5. The molecule has 0 unspecified atom stereocenters. The van der Waals surface area contributed by atoms with Crippen LogP contribution in [0.15, 0.2) is 36.4 Å². The first-order chi connectivity index (χ1) is 12.0. The number of nitrogens with two attached hydrogens (primary N) is 1. The summed E-state index contributed by atoms with van der Waals surface area (Å²) in [7, 11) is 4.20. The number of likely N-dealkylation sites (N-methyl/N-ethyl adjacent to an activating group) is 2. The van der Waals surface area contributed by atoms with Gasteiger partial charge in [0, 0.05) is 54.9 Å². The Morgan fingerprint density at radius 3 is 2.76 bits per heavy atom. The molecular weight excluding hydrogens is 314 g/mol. The second kappa shape index (κ2) is 6.94. The SMILES string of the molecule is CN1CCN(C)c2ccc(C(=N)c3cc(NC=O)ccc3N)cc2C1. The van der Waals surface area contributed by atoms with Gasteiger partial charge in [0.25, 0.3) is 0 Å². The fraction of sp³-hybridized carbons (Fsp3) is 0.263. The van der Waals surface area contributed by atoms with Crippen molar-refractivity contribution in [2.24, 2.45) is 0 Å². The zero-order chi connectivity index (χ0) is 18.0. The molecule has 0 radical (unpaired) electrons. The molecule has 6 heteroatoms. The monoisotopic (exact) mass is 337 g/mol. The van der Waals surface area contributed by atoms with Gasteiger partial charge in [-0.3, -0.25) is 10.2 Å². The molecule has 0 atom stereocenters. The van der Waals surface area contributed by atoms with Crippen LogP contribution in [0, 0.1) is 5.41 Å². The van der Waals surface area contributed by atoms with Gasteiger partial charge in [0.2, 0.25) is 6.41 Å². The number of amides is 1. The van der Waals surface area contributed by atoms with Crippen LogP contribution < -0.4 is 16.0 Å². The highest BCUT2D eigenvalue weighted by molar-refractivity contribution is 6.14. The molecule has 0 saturated heterocycles. The van der Waals surface area contributed by atoms with Crippen LogP contribution in [0.5, 0.6) is 0 Å². The molecule has 0 spiro atoms. The van der Waals surface area contributed by atoms with Crippen LogP contribution in [0.1, 0.15) is 16.7 Å². The molecule has 4 N–H and O–H groups in total. The molecule has 1 aliphatic heterocycles. The van der Waals surface area contributed by atoms with Crippen molar-refractivity contribution in [3.8, 4) is 0 Å². The van der Waals surface area contributed by atoms with Crippen molar-refractivity contribution in [1.82, 2.24) is 4.90 Å². The number of nitrogens with zero attached hydrogens (tertiary/aromatic N) is 2. The number of rotatable bonds is 4. The van der Waals surface area contributed by atoms with Crippen molar-refractivity contribution < 1.29 is 4.79 Å². The van der Waals surface area contributed by atoms with E-state index in [2.05, 4.69) is 41.3 Å². The van der Waals surface area contributed by atoms with E-state index < -0.39 is 0 Å². The topological polar surface area (TPSA) is 85.5 Å². The summed E-state index contributed by atoms with van der Waals surface area (Å²) in [6.07, 6.45) is 0.618. The average Bonchev–Trinajstić information content (AvgIpc) is 2.74. The van der Waals surface area contributed by atoms with Gasteiger partial charge in [-0.25, -0.2) is 0 Å². The summed E-state index contributed by atoms with van der Waals surface area (Å²) < 4.78 is 0. The Morgan fingerprint density at radius 1 is 1.20 bits per heavy atom. The van der Waals surface area contributed by atoms with Gasteiger partial charge in [-0.2, -0.15) is 0 Å². The maximum absolute atomic E-state index is 10.7. The molecule has 2 aromatic carbocycles.